The molecule has 1 heterocycles. The summed E-state index contributed by atoms with van der Waals surface area (Å²) in [5, 5.41) is 3.61. The van der Waals surface area contributed by atoms with E-state index < -0.39 is 10.0 Å². The van der Waals surface area contributed by atoms with E-state index in [1.165, 1.54) is 17.4 Å². The minimum absolute atomic E-state index is 0.367. The van der Waals surface area contributed by atoms with E-state index >= 15 is 0 Å². The minimum atomic E-state index is -3.08. The molecule has 0 aliphatic carbocycles. The number of hydrogen-bond acceptors (Lipinski definition) is 4. The SMILES string of the molecule is CCC1CN(S(C)(=O)=O)CCC1NCc1ccc(COC)cc1. The van der Waals surface area contributed by atoms with E-state index in [-0.39, 0.29) is 0 Å². The fraction of sp³-hybridized carbons (Fsp3) is 0.647. The topological polar surface area (TPSA) is 58.6 Å². The molecule has 6 heteroatoms. The molecule has 1 N–H and O–H groups in total. The summed E-state index contributed by atoms with van der Waals surface area (Å²) in [6, 6.07) is 8.78. The number of ether oxygens (including phenoxy) is 1. The van der Waals surface area contributed by atoms with Gasteiger partial charge in [-0.2, -0.15) is 0 Å². The molecule has 1 aromatic rings. The van der Waals surface area contributed by atoms with Gasteiger partial charge >= 0.3 is 0 Å². The Kier molecular flexibility index (Phi) is 6.59. The number of sulfonamides is 1. The van der Waals surface area contributed by atoms with Crippen LogP contribution in [0.3, 0.4) is 0 Å². The highest BCUT2D eigenvalue weighted by Gasteiger charge is 2.31. The molecule has 1 aliphatic heterocycles. The minimum Gasteiger partial charge on any atom is -0.380 e. The van der Waals surface area contributed by atoms with Crippen LogP contribution in [0.4, 0.5) is 0 Å². The Morgan fingerprint density at radius 2 is 1.91 bits per heavy atom. The Morgan fingerprint density at radius 3 is 2.48 bits per heavy atom. The highest BCUT2D eigenvalue weighted by molar-refractivity contribution is 7.88. The first-order valence-corrected chi connectivity index (χ1v) is 10.0. The average molecular weight is 340 g/mol. The summed E-state index contributed by atoms with van der Waals surface area (Å²) in [4.78, 5) is 0. The first kappa shape index (κ1) is 18.4. The smallest absolute Gasteiger partial charge is 0.211 e. The third kappa shape index (κ3) is 5.28. The Bertz CT molecular complexity index is 586. The van der Waals surface area contributed by atoms with E-state index in [1.54, 1.807) is 11.4 Å². The summed E-state index contributed by atoms with van der Waals surface area (Å²) < 4.78 is 30.2. The van der Waals surface area contributed by atoms with Crippen LogP contribution in [0.25, 0.3) is 0 Å². The molecule has 0 bridgehead atoms. The van der Waals surface area contributed by atoms with Crippen LogP contribution >= 0.6 is 0 Å². The van der Waals surface area contributed by atoms with Crippen molar-refractivity contribution in [2.45, 2.75) is 39.0 Å². The number of hydrogen-bond donors (Lipinski definition) is 1. The molecule has 0 spiro atoms. The van der Waals surface area contributed by atoms with Gasteiger partial charge in [0.05, 0.1) is 12.9 Å². The molecule has 2 atom stereocenters. The summed E-state index contributed by atoms with van der Waals surface area (Å²) in [5.41, 5.74) is 2.41. The monoisotopic (exact) mass is 340 g/mol. The van der Waals surface area contributed by atoms with Crippen LogP contribution in [-0.4, -0.2) is 45.2 Å². The van der Waals surface area contributed by atoms with Gasteiger partial charge in [0, 0.05) is 32.8 Å². The first-order valence-electron chi connectivity index (χ1n) is 8.19. The van der Waals surface area contributed by atoms with E-state index in [0.29, 0.717) is 31.7 Å². The molecular weight excluding hydrogens is 312 g/mol. The summed E-state index contributed by atoms with van der Waals surface area (Å²) >= 11 is 0. The van der Waals surface area contributed by atoms with Crippen molar-refractivity contribution in [1.29, 1.82) is 0 Å². The van der Waals surface area contributed by atoms with Crippen LogP contribution in [0, 0.1) is 5.92 Å². The summed E-state index contributed by atoms with van der Waals surface area (Å²) in [6.07, 6.45) is 3.15. The maximum absolute atomic E-state index is 11.7. The molecule has 1 aliphatic rings. The number of piperidine rings is 1. The van der Waals surface area contributed by atoms with Gasteiger partial charge in [0.2, 0.25) is 10.0 Å². The number of nitrogens with one attached hydrogen (secondary N) is 1. The van der Waals surface area contributed by atoms with Crippen LogP contribution in [-0.2, 0) is 27.9 Å². The quantitative estimate of drug-likeness (QED) is 0.825. The molecule has 130 valence electrons. The van der Waals surface area contributed by atoms with E-state index in [4.69, 9.17) is 4.74 Å². The summed E-state index contributed by atoms with van der Waals surface area (Å²) in [6.45, 7) is 4.81. The lowest BCUT2D eigenvalue weighted by molar-refractivity contribution is 0.185. The molecule has 2 rings (SSSR count). The maximum Gasteiger partial charge on any atom is 0.211 e. The van der Waals surface area contributed by atoms with Gasteiger partial charge in [-0.1, -0.05) is 37.6 Å². The van der Waals surface area contributed by atoms with Crippen molar-refractivity contribution in [2.24, 2.45) is 5.92 Å². The van der Waals surface area contributed by atoms with Crippen molar-refractivity contribution < 1.29 is 13.2 Å². The summed E-state index contributed by atoms with van der Waals surface area (Å²) in [5.74, 6) is 0.367. The van der Waals surface area contributed by atoms with Crippen LogP contribution in [0.15, 0.2) is 24.3 Å². The second-order valence-electron chi connectivity index (χ2n) is 6.31. The predicted octanol–water partition coefficient (Wildman–Crippen LogP) is 1.98. The zero-order chi connectivity index (χ0) is 16.9. The fourth-order valence-electron chi connectivity index (χ4n) is 3.15. The molecule has 5 nitrogen and oxygen atoms in total. The van der Waals surface area contributed by atoms with Gasteiger partial charge in [0.25, 0.3) is 0 Å². The highest BCUT2D eigenvalue weighted by Crippen LogP contribution is 2.22. The van der Waals surface area contributed by atoms with Crippen LogP contribution in [0.2, 0.25) is 0 Å². The Balaban J connectivity index is 1.90. The van der Waals surface area contributed by atoms with Crippen molar-refractivity contribution >= 4 is 10.0 Å². The average Bonchev–Trinajstić information content (AvgIpc) is 2.53. The van der Waals surface area contributed by atoms with E-state index in [2.05, 4.69) is 36.5 Å². The number of methoxy groups -OCH3 is 1. The van der Waals surface area contributed by atoms with Crippen molar-refractivity contribution in [3.8, 4) is 0 Å². The third-order valence-corrected chi connectivity index (χ3v) is 5.86. The van der Waals surface area contributed by atoms with Crippen LogP contribution < -0.4 is 5.32 Å². The fourth-order valence-corrected chi connectivity index (χ4v) is 4.05. The molecular formula is C17H28N2O3S. The standard InChI is InChI=1S/C17H28N2O3S/c1-4-16-12-19(23(3,20)21)10-9-17(16)18-11-14-5-7-15(8-6-14)13-22-2/h5-8,16-18H,4,9-13H2,1-3H3. The van der Waals surface area contributed by atoms with Gasteiger partial charge < -0.3 is 10.1 Å². The number of benzene rings is 1. The second-order valence-corrected chi connectivity index (χ2v) is 8.30. The van der Waals surface area contributed by atoms with Crippen molar-refractivity contribution in [3.63, 3.8) is 0 Å². The zero-order valence-electron chi connectivity index (χ0n) is 14.3. The summed E-state index contributed by atoms with van der Waals surface area (Å²) in [7, 11) is -1.38. The lowest BCUT2D eigenvalue weighted by Crippen LogP contribution is -2.50. The molecule has 1 saturated heterocycles. The molecule has 0 radical (unpaired) electrons. The van der Waals surface area contributed by atoms with Gasteiger partial charge in [-0.05, 0) is 23.5 Å². The second kappa shape index (κ2) is 8.24. The number of rotatable bonds is 7. The van der Waals surface area contributed by atoms with Gasteiger partial charge in [-0.3, -0.25) is 0 Å². The Morgan fingerprint density at radius 1 is 1.26 bits per heavy atom. The zero-order valence-corrected chi connectivity index (χ0v) is 15.1. The molecule has 0 amide bonds. The maximum atomic E-state index is 11.7. The van der Waals surface area contributed by atoms with Gasteiger partial charge in [0.1, 0.15) is 0 Å². The molecule has 1 aromatic carbocycles. The Labute approximate surface area is 140 Å². The van der Waals surface area contributed by atoms with E-state index in [0.717, 1.165) is 19.4 Å². The lowest BCUT2D eigenvalue weighted by Gasteiger charge is -2.37. The Hall–Kier alpha value is -0.950. The van der Waals surface area contributed by atoms with E-state index in [1.807, 2.05) is 0 Å². The normalized spacial score (nSPS) is 23.1. The molecule has 23 heavy (non-hydrogen) atoms. The van der Waals surface area contributed by atoms with Gasteiger partial charge in [-0.15, -0.1) is 0 Å². The lowest BCUT2D eigenvalue weighted by atomic mass is 9.91. The molecule has 0 aromatic heterocycles. The number of nitrogens with zero attached hydrogens (tertiary/aromatic N) is 1. The van der Waals surface area contributed by atoms with Crippen LogP contribution in [0.5, 0.6) is 0 Å². The van der Waals surface area contributed by atoms with Crippen molar-refractivity contribution in [2.75, 3.05) is 26.5 Å². The van der Waals surface area contributed by atoms with E-state index in [9.17, 15) is 8.42 Å². The largest absolute Gasteiger partial charge is 0.380 e. The first-order chi connectivity index (χ1) is 10.9. The van der Waals surface area contributed by atoms with Crippen molar-refractivity contribution in [3.05, 3.63) is 35.4 Å². The molecule has 1 fully saturated rings. The van der Waals surface area contributed by atoms with Gasteiger partial charge in [0.15, 0.2) is 0 Å². The third-order valence-electron chi connectivity index (χ3n) is 4.59. The highest BCUT2D eigenvalue weighted by atomic mass is 32.2. The van der Waals surface area contributed by atoms with Gasteiger partial charge in [-0.25, -0.2) is 12.7 Å². The predicted molar refractivity (Wildman–Crippen MR) is 92.6 cm³/mol. The molecule has 2 unspecified atom stereocenters. The molecule has 0 saturated carbocycles. The van der Waals surface area contributed by atoms with Crippen molar-refractivity contribution in [1.82, 2.24) is 9.62 Å². The van der Waals surface area contributed by atoms with Crippen LogP contribution in [0.1, 0.15) is 30.9 Å².